The summed E-state index contributed by atoms with van der Waals surface area (Å²) in [5.41, 5.74) is 7.20. The number of thiocarbonyl (C=S) groups is 1. The van der Waals surface area contributed by atoms with Crippen LogP contribution in [-0.4, -0.2) is 34.3 Å². The molecule has 0 heterocycles. The van der Waals surface area contributed by atoms with Gasteiger partial charge < -0.3 is 15.9 Å². The van der Waals surface area contributed by atoms with Gasteiger partial charge in [0.2, 0.25) is 0 Å². The van der Waals surface area contributed by atoms with Gasteiger partial charge in [-0.05, 0) is 12.2 Å². The first-order valence-electron chi connectivity index (χ1n) is 2.54. The van der Waals surface area contributed by atoms with Gasteiger partial charge in [0, 0.05) is 0 Å². The summed E-state index contributed by atoms with van der Waals surface area (Å²) in [6.45, 7) is -0.373. The number of nitrogens with zero attached hydrogens (tertiary/aromatic N) is 1. The van der Waals surface area contributed by atoms with E-state index in [0.29, 0.717) is 0 Å². The Kier molecular flexibility index (Phi) is 4.73. The Morgan fingerprint density at radius 3 is 2.90 bits per heavy atom. The van der Waals surface area contributed by atoms with E-state index in [4.69, 9.17) is 15.9 Å². The number of nitrogens with two attached hydrogens (primary N) is 1. The van der Waals surface area contributed by atoms with Crippen molar-refractivity contribution in [2.75, 3.05) is 6.61 Å². The first kappa shape index (κ1) is 9.28. The van der Waals surface area contributed by atoms with Crippen LogP contribution in [0.1, 0.15) is 0 Å². The lowest BCUT2D eigenvalue weighted by Gasteiger charge is -1.97. The molecular weight excluding hydrogens is 154 g/mol. The highest BCUT2D eigenvalue weighted by atomic mass is 32.1. The molecule has 0 saturated carbocycles. The zero-order chi connectivity index (χ0) is 7.98. The van der Waals surface area contributed by atoms with Gasteiger partial charge in [0.25, 0.3) is 0 Å². The van der Waals surface area contributed by atoms with Gasteiger partial charge >= 0.3 is 0 Å². The van der Waals surface area contributed by atoms with Gasteiger partial charge in [0.15, 0.2) is 5.11 Å². The van der Waals surface area contributed by atoms with Gasteiger partial charge in [-0.15, -0.1) is 0 Å². The van der Waals surface area contributed by atoms with E-state index in [2.05, 4.69) is 22.7 Å². The quantitative estimate of drug-likeness (QED) is 0.223. The summed E-state index contributed by atoms with van der Waals surface area (Å²) in [7, 11) is 0. The largest absolute Gasteiger partial charge is 0.393 e. The van der Waals surface area contributed by atoms with Gasteiger partial charge in [0.05, 0.1) is 12.8 Å². The highest BCUT2D eigenvalue weighted by molar-refractivity contribution is 7.80. The molecule has 0 rings (SSSR count). The van der Waals surface area contributed by atoms with E-state index in [-0.39, 0.29) is 11.7 Å². The SMILES string of the molecule is NC(=S)N/N=C\C(O)CO. The molecule has 0 spiro atoms. The fraction of sp³-hybridized carbons (Fsp3) is 0.500. The van der Waals surface area contributed by atoms with Gasteiger partial charge in [0.1, 0.15) is 6.10 Å². The second-order valence-electron chi connectivity index (χ2n) is 1.50. The topological polar surface area (TPSA) is 90.9 Å². The second-order valence-corrected chi connectivity index (χ2v) is 1.94. The summed E-state index contributed by atoms with van der Waals surface area (Å²) >= 11 is 4.39. The van der Waals surface area contributed by atoms with Crippen molar-refractivity contribution in [1.29, 1.82) is 0 Å². The third-order valence-electron chi connectivity index (χ3n) is 0.608. The molecule has 0 bridgehead atoms. The van der Waals surface area contributed by atoms with Crippen LogP contribution in [0.25, 0.3) is 0 Å². The highest BCUT2D eigenvalue weighted by Gasteiger charge is 1.93. The number of rotatable bonds is 3. The molecule has 6 heteroatoms. The van der Waals surface area contributed by atoms with E-state index in [9.17, 15) is 0 Å². The van der Waals surface area contributed by atoms with Crippen molar-refractivity contribution in [3.05, 3.63) is 0 Å². The predicted molar refractivity (Wildman–Crippen MR) is 41.5 cm³/mol. The third-order valence-corrected chi connectivity index (χ3v) is 0.700. The number of aliphatic hydroxyl groups is 2. The third kappa shape index (κ3) is 5.42. The molecule has 10 heavy (non-hydrogen) atoms. The summed E-state index contributed by atoms with van der Waals surface area (Å²) in [5.74, 6) is 0. The standard InChI is InChI=1S/C4H9N3O2S/c5-4(10)7-6-1-3(9)2-8/h1,3,8-9H,2H2,(H3,5,7,10)/b6-1-. The molecule has 5 nitrogen and oxygen atoms in total. The van der Waals surface area contributed by atoms with Crippen molar-refractivity contribution in [3.63, 3.8) is 0 Å². The van der Waals surface area contributed by atoms with Crippen LogP contribution in [0.5, 0.6) is 0 Å². The van der Waals surface area contributed by atoms with Crippen molar-refractivity contribution in [2.45, 2.75) is 6.10 Å². The van der Waals surface area contributed by atoms with E-state index in [1.165, 1.54) is 0 Å². The van der Waals surface area contributed by atoms with E-state index < -0.39 is 6.10 Å². The fourth-order valence-corrected chi connectivity index (χ4v) is 0.287. The average molecular weight is 163 g/mol. The average Bonchev–Trinajstić information content (AvgIpc) is 1.87. The van der Waals surface area contributed by atoms with Crippen LogP contribution >= 0.6 is 12.2 Å². The number of nitrogens with one attached hydrogen (secondary N) is 1. The normalized spacial score (nSPS) is 13.4. The van der Waals surface area contributed by atoms with Crippen LogP contribution in [0.2, 0.25) is 0 Å². The van der Waals surface area contributed by atoms with Crippen LogP contribution < -0.4 is 11.2 Å². The maximum Gasteiger partial charge on any atom is 0.184 e. The number of hydrogen-bond donors (Lipinski definition) is 4. The number of hydrazone groups is 1. The zero-order valence-electron chi connectivity index (χ0n) is 5.19. The molecule has 0 aliphatic carbocycles. The van der Waals surface area contributed by atoms with E-state index in [1.54, 1.807) is 0 Å². The molecule has 0 aliphatic rings. The van der Waals surface area contributed by atoms with Crippen LogP contribution in [-0.2, 0) is 0 Å². The Hall–Kier alpha value is -0.720. The van der Waals surface area contributed by atoms with Crippen molar-refractivity contribution in [2.24, 2.45) is 10.8 Å². The van der Waals surface area contributed by atoms with Crippen molar-refractivity contribution in [1.82, 2.24) is 5.43 Å². The minimum atomic E-state index is -0.971. The number of hydrogen-bond acceptors (Lipinski definition) is 4. The maximum atomic E-state index is 8.65. The van der Waals surface area contributed by atoms with Crippen molar-refractivity contribution < 1.29 is 10.2 Å². The minimum absolute atomic E-state index is 0.0152. The molecule has 0 aliphatic heterocycles. The lowest BCUT2D eigenvalue weighted by Crippen LogP contribution is -2.25. The molecule has 58 valence electrons. The monoisotopic (exact) mass is 163 g/mol. The van der Waals surface area contributed by atoms with Gasteiger partial charge in [-0.3, -0.25) is 5.43 Å². The first-order valence-corrected chi connectivity index (χ1v) is 2.95. The lowest BCUT2D eigenvalue weighted by atomic mass is 10.4. The van der Waals surface area contributed by atoms with Gasteiger partial charge in [-0.25, -0.2) is 0 Å². The summed E-state index contributed by atoms with van der Waals surface area (Å²) in [4.78, 5) is 0. The van der Waals surface area contributed by atoms with Gasteiger partial charge in [-0.2, -0.15) is 5.10 Å². The van der Waals surface area contributed by atoms with Crippen LogP contribution in [0.4, 0.5) is 0 Å². The summed E-state index contributed by atoms with van der Waals surface area (Å²) in [5, 5.41) is 20.3. The molecule has 1 atom stereocenters. The molecule has 5 N–H and O–H groups in total. The van der Waals surface area contributed by atoms with E-state index in [1.807, 2.05) is 0 Å². The number of aliphatic hydroxyl groups excluding tert-OH is 2. The second kappa shape index (κ2) is 5.10. The Morgan fingerprint density at radius 1 is 1.90 bits per heavy atom. The molecule has 0 saturated heterocycles. The molecule has 1 unspecified atom stereocenters. The Bertz CT molecular complexity index is 138. The molecule has 0 amide bonds. The molecule has 0 aromatic carbocycles. The highest BCUT2D eigenvalue weighted by Crippen LogP contribution is 1.71. The summed E-state index contributed by atoms with van der Waals surface area (Å²) in [6.07, 6.45) is 0.126. The Morgan fingerprint density at radius 2 is 2.50 bits per heavy atom. The first-order chi connectivity index (χ1) is 4.66. The van der Waals surface area contributed by atoms with Crippen LogP contribution in [0, 0.1) is 0 Å². The van der Waals surface area contributed by atoms with Crippen molar-refractivity contribution in [3.8, 4) is 0 Å². The van der Waals surface area contributed by atoms with Crippen LogP contribution in [0.3, 0.4) is 0 Å². The Labute approximate surface area is 63.5 Å². The fourth-order valence-electron chi connectivity index (χ4n) is 0.234. The summed E-state index contributed by atoms with van der Waals surface area (Å²) < 4.78 is 0. The van der Waals surface area contributed by atoms with E-state index in [0.717, 1.165) is 6.21 Å². The summed E-state index contributed by atoms with van der Waals surface area (Å²) in [6, 6.07) is 0. The van der Waals surface area contributed by atoms with Gasteiger partial charge in [-0.1, -0.05) is 0 Å². The maximum absolute atomic E-state index is 8.65. The van der Waals surface area contributed by atoms with Crippen molar-refractivity contribution >= 4 is 23.5 Å². The smallest absolute Gasteiger partial charge is 0.184 e. The molecule has 0 aromatic rings. The molecule has 0 fully saturated rings. The predicted octanol–water partition coefficient (Wildman–Crippen LogP) is -1.84. The molecule has 0 aromatic heterocycles. The molecular formula is C4H9N3O2S. The lowest BCUT2D eigenvalue weighted by molar-refractivity contribution is 0.148. The minimum Gasteiger partial charge on any atom is -0.393 e. The van der Waals surface area contributed by atoms with Crippen LogP contribution in [0.15, 0.2) is 5.10 Å². The molecule has 0 radical (unpaired) electrons. The zero-order valence-corrected chi connectivity index (χ0v) is 6.01. The Balaban J connectivity index is 3.45. The van der Waals surface area contributed by atoms with E-state index >= 15 is 0 Å².